The normalized spacial score (nSPS) is 42.2. The molecular formula is C9H18O5S. The van der Waals surface area contributed by atoms with Crippen LogP contribution in [0.1, 0.15) is 13.8 Å². The van der Waals surface area contributed by atoms with Crippen LogP contribution in [0.2, 0.25) is 0 Å². The molecule has 3 N–H and O–H groups in total. The minimum atomic E-state index is -1.01. The molecular weight excluding hydrogens is 220 g/mol. The maximum Gasteiger partial charge on any atom is 0.185 e. The molecule has 1 aliphatic heterocycles. The topological polar surface area (TPSA) is 79.2 Å². The first-order chi connectivity index (χ1) is 6.97. The van der Waals surface area contributed by atoms with Crippen LogP contribution in [-0.4, -0.2) is 57.9 Å². The van der Waals surface area contributed by atoms with Gasteiger partial charge in [-0.25, -0.2) is 0 Å². The molecule has 0 aromatic rings. The summed E-state index contributed by atoms with van der Waals surface area (Å²) in [4.78, 5) is 0. The van der Waals surface area contributed by atoms with Gasteiger partial charge in [0.15, 0.2) is 6.29 Å². The monoisotopic (exact) mass is 238 g/mol. The van der Waals surface area contributed by atoms with E-state index < -0.39 is 29.9 Å². The molecule has 15 heavy (non-hydrogen) atoms. The number of thiol groups is 1. The quantitative estimate of drug-likeness (QED) is 0.482. The highest BCUT2D eigenvalue weighted by Crippen LogP contribution is 2.26. The predicted molar refractivity (Wildman–Crippen MR) is 56.8 cm³/mol. The maximum atomic E-state index is 9.70. The van der Waals surface area contributed by atoms with E-state index in [1.54, 1.807) is 0 Å². The van der Waals surface area contributed by atoms with Crippen molar-refractivity contribution in [2.75, 3.05) is 6.61 Å². The molecule has 1 saturated heterocycles. The number of hydrogen-bond donors (Lipinski definition) is 4. The second kappa shape index (κ2) is 5.47. The molecule has 5 atom stereocenters. The van der Waals surface area contributed by atoms with E-state index in [4.69, 9.17) is 14.6 Å². The highest BCUT2D eigenvalue weighted by molar-refractivity contribution is 7.81. The van der Waals surface area contributed by atoms with Crippen LogP contribution in [0.3, 0.4) is 0 Å². The van der Waals surface area contributed by atoms with Gasteiger partial charge in [0.25, 0.3) is 0 Å². The summed E-state index contributed by atoms with van der Waals surface area (Å²) in [7, 11) is 0. The Morgan fingerprint density at radius 2 is 1.93 bits per heavy atom. The first-order valence-corrected chi connectivity index (χ1v) is 5.45. The van der Waals surface area contributed by atoms with Crippen molar-refractivity contribution in [3.8, 4) is 0 Å². The van der Waals surface area contributed by atoms with Gasteiger partial charge in [0.2, 0.25) is 0 Å². The fraction of sp³-hybridized carbons (Fsp3) is 1.00. The first kappa shape index (κ1) is 13.2. The Morgan fingerprint density at radius 3 is 2.40 bits per heavy atom. The molecule has 1 rings (SSSR count). The summed E-state index contributed by atoms with van der Waals surface area (Å²) in [6.45, 7) is 3.29. The second-order valence-corrected chi connectivity index (χ2v) is 4.48. The summed E-state index contributed by atoms with van der Waals surface area (Å²) in [5, 5.41) is 27.6. The molecule has 0 aromatic heterocycles. The highest BCUT2D eigenvalue weighted by atomic mass is 32.1. The Kier molecular flexibility index (Phi) is 4.82. The summed E-state index contributed by atoms with van der Waals surface area (Å²) in [5.74, 6) is 0. The smallest absolute Gasteiger partial charge is 0.185 e. The fourth-order valence-electron chi connectivity index (χ4n) is 1.45. The van der Waals surface area contributed by atoms with Gasteiger partial charge in [0.05, 0.1) is 24.1 Å². The van der Waals surface area contributed by atoms with Crippen LogP contribution >= 0.6 is 12.6 Å². The van der Waals surface area contributed by atoms with Crippen LogP contribution in [0.4, 0.5) is 0 Å². The lowest BCUT2D eigenvalue weighted by Gasteiger charge is -2.40. The molecule has 6 heteroatoms. The van der Waals surface area contributed by atoms with Crippen LogP contribution in [0.25, 0.3) is 0 Å². The minimum absolute atomic E-state index is 0.111. The van der Waals surface area contributed by atoms with E-state index in [1.807, 2.05) is 13.8 Å². The van der Waals surface area contributed by atoms with Gasteiger partial charge >= 0.3 is 0 Å². The molecule has 0 bridgehead atoms. The van der Waals surface area contributed by atoms with E-state index in [9.17, 15) is 10.2 Å². The Labute approximate surface area is 94.4 Å². The molecule has 1 aliphatic rings. The van der Waals surface area contributed by atoms with Crippen molar-refractivity contribution < 1.29 is 24.8 Å². The zero-order chi connectivity index (χ0) is 11.6. The Balaban J connectivity index is 2.65. The van der Waals surface area contributed by atoms with Gasteiger partial charge < -0.3 is 24.8 Å². The highest BCUT2D eigenvalue weighted by Gasteiger charge is 2.43. The van der Waals surface area contributed by atoms with Gasteiger partial charge in [-0.05, 0) is 13.8 Å². The molecule has 1 fully saturated rings. The zero-order valence-corrected chi connectivity index (χ0v) is 9.67. The summed E-state index contributed by atoms with van der Waals surface area (Å²) in [5.41, 5.74) is 0. The van der Waals surface area contributed by atoms with Crippen molar-refractivity contribution >= 4 is 12.6 Å². The number of rotatable bonds is 3. The first-order valence-electron chi connectivity index (χ1n) is 4.93. The molecule has 5 nitrogen and oxygen atoms in total. The van der Waals surface area contributed by atoms with Crippen molar-refractivity contribution in [3.63, 3.8) is 0 Å². The number of ether oxygens (including phenoxy) is 2. The van der Waals surface area contributed by atoms with Crippen molar-refractivity contribution in [1.29, 1.82) is 0 Å². The molecule has 0 spiro atoms. The van der Waals surface area contributed by atoms with Gasteiger partial charge in [-0.1, -0.05) is 0 Å². The van der Waals surface area contributed by atoms with E-state index in [-0.39, 0.29) is 12.7 Å². The van der Waals surface area contributed by atoms with E-state index in [1.165, 1.54) is 0 Å². The van der Waals surface area contributed by atoms with Crippen molar-refractivity contribution in [2.24, 2.45) is 0 Å². The molecule has 0 saturated carbocycles. The van der Waals surface area contributed by atoms with Crippen LogP contribution in [0, 0.1) is 0 Å². The second-order valence-electron chi connectivity index (χ2n) is 3.88. The Hall–Kier alpha value is 0.150. The lowest BCUT2D eigenvalue weighted by atomic mass is 10.0. The molecule has 1 heterocycles. The minimum Gasteiger partial charge on any atom is -0.394 e. The summed E-state index contributed by atoms with van der Waals surface area (Å²) >= 11 is 4.07. The summed E-state index contributed by atoms with van der Waals surface area (Å²) in [6.07, 6.45) is -3.73. The molecule has 0 unspecified atom stereocenters. The van der Waals surface area contributed by atoms with E-state index in [0.717, 1.165) is 0 Å². The summed E-state index contributed by atoms with van der Waals surface area (Å²) < 4.78 is 10.5. The largest absolute Gasteiger partial charge is 0.394 e. The molecule has 0 radical (unpaired) electrons. The standard InChI is InChI=1S/C9H18O5S/c1-4(2)13-9-7(12)8(15)6(11)5(3-10)14-9/h4-12,15H,3H2,1-2H3/t5-,6+,7-,8+,9-/m1/s1. The number of hydrogen-bond acceptors (Lipinski definition) is 6. The van der Waals surface area contributed by atoms with Crippen LogP contribution < -0.4 is 0 Å². The maximum absolute atomic E-state index is 9.70. The molecule has 0 amide bonds. The number of aliphatic hydroxyl groups is 3. The van der Waals surface area contributed by atoms with Gasteiger partial charge in [0.1, 0.15) is 12.2 Å². The van der Waals surface area contributed by atoms with Crippen molar-refractivity contribution in [1.82, 2.24) is 0 Å². The predicted octanol–water partition coefficient (Wildman–Crippen LogP) is -0.851. The van der Waals surface area contributed by atoms with Crippen LogP contribution in [-0.2, 0) is 9.47 Å². The van der Waals surface area contributed by atoms with Crippen molar-refractivity contribution in [3.05, 3.63) is 0 Å². The van der Waals surface area contributed by atoms with Gasteiger partial charge in [-0.3, -0.25) is 0 Å². The Bertz CT molecular complexity index is 199. The average molecular weight is 238 g/mol. The van der Waals surface area contributed by atoms with Crippen molar-refractivity contribution in [2.45, 2.75) is 49.8 Å². The van der Waals surface area contributed by atoms with Gasteiger partial charge in [-0.2, -0.15) is 12.6 Å². The third kappa shape index (κ3) is 3.05. The van der Waals surface area contributed by atoms with Crippen LogP contribution in [0.15, 0.2) is 0 Å². The average Bonchev–Trinajstić information content (AvgIpc) is 2.18. The van der Waals surface area contributed by atoms with Gasteiger partial charge in [-0.15, -0.1) is 0 Å². The summed E-state index contributed by atoms with van der Waals surface area (Å²) in [6, 6.07) is 0. The molecule has 0 aromatic carbocycles. The lowest BCUT2D eigenvalue weighted by molar-refractivity contribution is -0.276. The lowest BCUT2D eigenvalue weighted by Crippen LogP contribution is -2.57. The van der Waals surface area contributed by atoms with E-state index >= 15 is 0 Å². The third-order valence-corrected chi connectivity index (χ3v) is 2.87. The Morgan fingerprint density at radius 1 is 1.33 bits per heavy atom. The molecule has 90 valence electrons. The third-order valence-electron chi connectivity index (χ3n) is 2.25. The van der Waals surface area contributed by atoms with E-state index in [0.29, 0.717) is 0 Å². The number of aliphatic hydroxyl groups excluding tert-OH is 3. The fourth-order valence-corrected chi connectivity index (χ4v) is 1.78. The molecule has 0 aliphatic carbocycles. The SMILES string of the molecule is CC(C)O[C@@H]1O[C@H](CO)[C@H](O)[C@H](S)[C@H]1O. The van der Waals surface area contributed by atoms with Crippen LogP contribution in [0.5, 0.6) is 0 Å². The zero-order valence-electron chi connectivity index (χ0n) is 8.78. The van der Waals surface area contributed by atoms with E-state index in [2.05, 4.69) is 12.6 Å². The van der Waals surface area contributed by atoms with Gasteiger partial charge in [0, 0.05) is 0 Å².